The summed E-state index contributed by atoms with van der Waals surface area (Å²) in [6.45, 7) is 11.0. The number of rotatable bonds is 17. The minimum Gasteiger partial charge on any atom is -0.469 e. The third kappa shape index (κ3) is 10.6. The molecule has 0 bridgehead atoms. The third-order valence-electron chi connectivity index (χ3n) is 7.89. The van der Waals surface area contributed by atoms with Gasteiger partial charge in [-0.2, -0.15) is 0 Å². The van der Waals surface area contributed by atoms with Crippen molar-refractivity contribution in [1.82, 2.24) is 5.32 Å². The molecule has 2 unspecified atom stereocenters. The van der Waals surface area contributed by atoms with Gasteiger partial charge in [-0.05, 0) is 70.4 Å². The van der Waals surface area contributed by atoms with Crippen molar-refractivity contribution in [1.29, 1.82) is 0 Å². The van der Waals surface area contributed by atoms with Gasteiger partial charge in [-0.3, -0.25) is 4.79 Å². The Morgan fingerprint density at radius 1 is 0.900 bits per heavy atom. The molecule has 1 saturated heterocycles. The average molecular weight is 424 g/mol. The third-order valence-corrected chi connectivity index (χ3v) is 7.89. The van der Waals surface area contributed by atoms with Gasteiger partial charge in [0.25, 0.3) is 0 Å². The first kappa shape index (κ1) is 27.5. The highest BCUT2D eigenvalue weighted by atomic mass is 16.5. The van der Waals surface area contributed by atoms with Crippen LogP contribution in [0.25, 0.3) is 0 Å². The number of carbonyl (C=O) groups excluding carboxylic acids is 1. The number of carbonyl (C=O) groups is 1. The van der Waals surface area contributed by atoms with Crippen LogP contribution in [0.3, 0.4) is 0 Å². The van der Waals surface area contributed by atoms with Gasteiger partial charge >= 0.3 is 5.97 Å². The minimum absolute atomic E-state index is 0.0666. The second-order valence-corrected chi connectivity index (χ2v) is 10.5. The average Bonchev–Trinajstić information content (AvgIpc) is 2.76. The zero-order chi connectivity index (χ0) is 22.2. The van der Waals surface area contributed by atoms with E-state index in [1.165, 1.54) is 110 Å². The van der Waals surface area contributed by atoms with Crippen molar-refractivity contribution in [2.24, 2.45) is 23.2 Å². The maximum absolute atomic E-state index is 12.2. The molecule has 0 saturated carbocycles. The van der Waals surface area contributed by atoms with E-state index in [1.54, 1.807) is 0 Å². The molecule has 1 rings (SSSR count). The Labute approximate surface area is 188 Å². The molecule has 0 amide bonds. The number of methoxy groups -OCH3 is 1. The van der Waals surface area contributed by atoms with Gasteiger partial charge in [0.1, 0.15) is 0 Å². The van der Waals surface area contributed by atoms with Crippen LogP contribution in [0.5, 0.6) is 0 Å². The standard InChI is InChI=1S/C27H53NO2/c1-6-7-8-9-10-11-12-13-14-15-16-24(25-19-21-28-22-20-25)18-17-23(2)27(3,4)26(29)30-5/h23-25,28H,6-22H2,1-5H3. The van der Waals surface area contributed by atoms with Gasteiger partial charge < -0.3 is 10.1 Å². The molecule has 1 aliphatic heterocycles. The molecular formula is C27H53NO2. The lowest BCUT2D eigenvalue weighted by molar-refractivity contribution is -0.153. The fourth-order valence-electron chi connectivity index (χ4n) is 5.11. The molecule has 0 radical (unpaired) electrons. The number of ether oxygens (including phenoxy) is 1. The van der Waals surface area contributed by atoms with E-state index in [4.69, 9.17) is 4.74 Å². The van der Waals surface area contributed by atoms with Crippen LogP contribution in [-0.4, -0.2) is 26.2 Å². The summed E-state index contributed by atoms with van der Waals surface area (Å²) >= 11 is 0. The lowest BCUT2D eigenvalue weighted by Crippen LogP contribution is -2.34. The Morgan fingerprint density at radius 2 is 1.43 bits per heavy atom. The first-order chi connectivity index (χ1) is 14.4. The predicted molar refractivity (Wildman–Crippen MR) is 130 cm³/mol. The van der Waals surface area contributed by atoms with Gasteiger partial charge in [0.05, 0.1) is 12.5 Å². The molecule has 1 heterocycles. The highest BCUT2D eigenvalue weighted by Crippen LogP contribution is 2.36. The van der Waals surface area contributed by atoms with Crippen molar-refractivity contribution >= 4 is 5.97 Å². The van der Waals surface area contributed by atoms with Gasteiger partial charge in [-0.1, -0.05) is 84.5 Å². The van der Waals surface area contributed by atoms with E-state index in [1.807, 2.05) is 13.8 Å². The monoisotopic (exact) mass is 423 g/mol. The Hall–Kier alpha value is -0.570. The van der Waals surface area contributed by atoms with Crippen LogP contribution in [-0.2, 0) is 9.53 Å². The lowest BCUT2D eigenvalue weighted by Gasteiger charge is -2.34. The second-order valence-electron chi connectivity index (χ2n) is 10.5. The summed E-state index contributed by atoms with van der Waals surface area (Å²) < 4.78 is 5.05. The first-order valence-corrected chi connectivity index (χ1v) is 13.2. The summed E-state index contributed by atoms with van der Waals surface area (Å²) in [7, 11) is 1.51. The molecule has 0 aliphatic carbocycles. The highest BCUT2D eigenvalue weighted by molar-refractivity contribution is 5.76. The van der Waals surface area contributed by atoms with Crippen LogP contribution in [0.2, 0.25) is 0 Å². The van der Waals surface area contributed by atoms with Crippen LogP contribution in [0.1, 0.15) is 124 Å². The van der Waals surface area contributed by atoms with Gasteiger partial charge in [-0.25, -0.2) is 0 Å². The summed E-state index contributed by atoms with van der Waals surface area (Å²) in [6, 6.07) is 0. The molecule has 1 aliphatic rings. The Balaban J connectivity index is 2.34. The van der Waals surface area contributed by atoms with Gasteiger partial charge in [-0.15, -0.1) is 0 Å². The molecule has 2 atom stereocenters. The zero-order valence-electron chi connectivity index (χ0n) is 21.1. The van der Waals surface area contributed by atoms with Crippen molar-refractivity contribution in [2.75, 3.05) is 20.2 Å². The van der Waals surface area contributed by atoms with E-state index in [2.05, 4.69) is 19.2 Å². The molecule has 1 fully saturated rings. The molecule has 0 aromatic rings. The Morgan fingerprint density at radius 3 is 1.97 bits per heavy atom. The Bertz CT molecular complexity index is 429. The molecule has 0 aromatic heterocycles. The van der Waals surface area contributed by atoms with Crippen molar-refractivity contribution < 1.29 is 9.53 Å². The van der Waals surface area contributed by atoms with Crippen LogP contribution >= 0.6 is 0 Å². The van der Waals surface area contributed by atoms with Crippen molar-refractivity contribution in [3.63, 3.8) is 0 Å². The second kappa shape index (κ2) is 16.1. The van der Waals surface area contributed by atoms with Gasteiger partial charge in [0.15, 0.2) is 0 Å². The maximum atomic E-state index is 12.2. The largest absolute Gasteiger partial charge is 0.469 e. The molecule has 0 aromatic carbocycles. The van der Waals surface area contributed by atoms with Crippen LogP contribution in [0.4, 0.5) is 0 Å². The summed E-state index contributed by atoms with van der Waals surface area (Å²) in [6.07, 6.45) is 20.6. The quantitative estimate of drug-likeness (QED) is 0.194. The normalized spacial score (nSPS) is 17.6. The summed E-state index contributed by atoms with van der Waals surface area (Å²) in [4.78, 5) is 12.2. The Kier molecular flexibility index (Phi) is 14.8. The van der Waals surface area contributed by atoms with E-state index in [9.17, 15) is 4.79 Å². The fraction of sp³-hybridized carbons (Fsp3) is 0.963. The molecule has 3 heteroatoms. The van der Waals surface area contributed by atoms with Crippen molar-refractivity contribution in [3.8, 4) is 0 Å². The minimum atomic E-state index is -0.384. The summed E-state index contributed by atoms with van der Waals surface area (Å²) in [5.74, 6) is 2.00. The molecule has 30 heavy (non-hydrogen) atoms. The zero-order valence-corrected chi connectivity index (χ0v) is 21.1. The highest BCUT2D eigenvalue weighted by Gasteiger charge is 2.35. The van der Waals surface area contributed by atoms with E-state index >= 15 is 0 Å². The number of piperidine rings is 1. The molecular weight excluding hydrogens is 370 g/mol. The van der Waals surface area contributed by atoms with E-state index in [0.717, 1.165) is 18.3 Å². The van der Waals surface area contributed by atoms with E-state index < -0.39 is 0 Å². The number of esters is 1. The van der Waals surface area contributed by atoms with E-state index in [0.29, 0.717) is 5.92 Å². The summed E-state index contributed by atoms with van der Waals surface area (Å²) in [5.41, 5.74) is -0.384. The van der Waals surface area contributed by atoms with Crippen molar-refractivity contribution in [2.45, 2.75) is 124 Å². The molecule has 178 valence electrons. The maximum Gasteiger partial charge on any atom is 0.311 e. The number of hydrogen-bond donors (Lipinski definition) is 1. The predicted octanol–water partition coefficient (Wildman–Crippen LogP) is 7.53. The number of unbranched alkanes of at least 4 members (excludes halogenated alkanes) is 9. The molecule has 1 N–H and O–H groups in total. The van der Waals surface area contributed by atoms with Gasteiger partial charge in [0, 0.05) is 0 Å². The van der Waals surface area contributed by atoms with Crippen LogP contribution < -0.4 is 5.32 Å². The lowest BCUT2D eigenvalue weighted by atomic mass is 9.73. The van der Waals surface area contributed by atoms with Crippen molar-refractivity contribution in [3.05, 3.63) is 0 Å². The SMILES string of the molecule is CCCCCCCCCCCCC(CCC(C)C(C)(C)C(=O)OC)C1CCNCC1. The fourth-order valence-corrected chi connectivity index (χ4v) is 5.11. The van der Waals surface area contributed by atoms with Gasteiger partial charge in [0.2, 0.25) is 0 Å². The topological polar surface area (TPSA) is 38.3 Å². The smallest absolute Gasteiger partial charge is 0.311 e. The van der Waals surface area contributed by atoms with Crippen LogP contribution in [0, 0.1) is 23.2 Å². The molecule has 3 nitrogen and oxygen atoms in total. The van der Waals surface area contributed by atoms with Crippen LogP contribution in [0.15, 0.2) is 0 Å². The first-order valence-electron chi connectivity index (χ1n) is 13.2. The number of nitrogens with one attached hydrogen (secondary N) is 1. The summed E-state index contributed by atoms with van der Waals surface area (Å²) in [5, 5.41) is 3.53. The number of hydrogen-bond acceptors (Lipinski definition) is 3. The van der Waals surface area contributed by atoms with E-state index in [-0.39, 0.29) is 11.4 Å². The molecule has 0 spiro atoms.